The lowest BCUT2D eigenvalue weighted by atomic mass is 10.1. The zero-order valence-corrected chi connectivity index (χ0v) is 11.8. The Morgan fingerprint density at radius 1 is 1.00 bits per heavy atom. The lowest BCUT2D eigenvalue weighted by molar-refractivity contribution is -0.126. The molecule has 2 amide bonds. The molecule has 0 bridgehead atoms. The average Bonchev–Trinajstić information content (AvgIpc) is 2.52. The predicted octanol–water partition coefficient (Wildman–Crippen LogP) is 2.23. The first-order valence-electron chi connectivity index (χ1n) is 6.70. The van der Waals surface area contributed by atoms with Crippen LogP contribution in [0.5, 0.6) is 0 Å². The number of nitrogens with one attached hydrogen (secondary N) is 2. The zero-order valence-electron chi connectivity index (χ0n) is 11.8. The normalized spacial score (nSPS) is 10.4. The second kappa shape index (κ2) is 7.73. The van der Waals surface area contributed by atoms with Gasteiger partial charge in [0.25, 0.3) is 5.91 Å². The van der Waals surface area contributed by atoms with E-state index in [1.807, 2.05) is 30.3 Å². The number of rotatable bonds is 4. The van der Waals surface area contributed by atoms with Crippen LogP contribution >= 0.6 is 0 Å². The maximum Gasteiger partial charge on any atom is 0.262 e. The summed E-state index contributed by atoms with van der Waals surface area (Å²) in [6.07, 6.45) is 2.86. The molecule has 0 fully saturated rings. The molecule has 0 aliphatic heterocycles. The van der Waals surface area contributed by atoms with Gasteiger partial charge in [0.15, 0.2) is 0 Å². The van der Waals surface area contributed by atoms with E-state index in [4.69, 9.17) is 0 Å². The molecule has 0 aliphatic rings. The van der Waals surface area contributed by atoms with Crippen LogP contribution in [0.2, 0.25) is 0 Å². The van der Waals surface area contributed by atoms with Crippen molar-refractivity contribution in [1.82, 2.24) is 10.9 Å². The summed E-state index contributed by atoms with van der Waals surface area (Å²) < 4.78 is 13.0. The third-order valence-corrected chi connectivity index (χ3v) is 2.81. The van der Waals surface area contributed by atoms with Gasteiger partial charge in [-0.2, -0.15) is 0 Å². The maximum absolute atomic E-state index is 13.0. The van der Waals surface area contributed by atoms with Gasteiger partial charge in [-0.1, -0.05) is 42.5 Å². The molecule has 112 valence electrons. The fourth-order valence-electron chi connectivity index (χ4n) is 1.78. The molecule has 0 spiro atoms. The van der Waals surface area contributed by atoms with Crippen LogP contribution in [0, 0.1) is 5.82 Å². The van der Waals surface area contributed by atoms with E-state index < -0.39 is 5.91 Å². The lowest BCUT2D eigenvalue weighted by Crippen LogP contribution is -2.41. The van der Waals surface area contributed by atoms with E-state index in [0.29, 0.717) is 5.56 Å². The Hall–Kier alpha value is -2.95. The van der Waals surface area contributed by atoms with Crippen LogP contribution < -0.4 is 10.9 Å². The van der Waals surface area contributed by atoms with Crippen molar-refractivity contribution < 1.29 is 14.0 Å². The van der Waals surface area contributed by atoms with Gasteiger partial charge in [-0.15, -0.1) is 0 Å². The summed E-state index contributed by atoms with van der Waals surface area (Å²) in [5.41, 5.74) is 6.00. The van der Waals surface area contributed by atoms with Gasteiger partial charge in [-0.25, -0.2) is 4.39 Å². The monoisotopic (exact) mass is 298 g/mol. The number of carbonyl (C=O) groups is 2. The van der Waals surface area contributed by atoms with Gasteiger partial charge in [0.05, 0.1) is 6.42 Å². The Morgan fingerprint density at radius 2 is 1.77 bits per heavy atom. The molecule has 0 atom stereocenters. The SMILES string of the molecule is O=C(/C=C/c1cccc(F)c1)NNC(=O)Cc1ccccc1. The minimum absolute atomic E-state index is 0.175. The Bertz CT molecular complexity index is 684. The first-order valence-corrected chi connectivity index (χ1v) is 6.70. The van der Waals surface area contributed by atoms with Crippen molar-refractivity contribution in [2.45, 2.75) is 6.42 Å². The number of amides is 2. The molecule has 5 heteroatoms. The van der Waals surface area contributed by atoms with E-state index in [2.05, 4.69) is 10.9 Å². The molecule has 0 saturated carbocycles. The first-order chi connectivity index (χ1) is 10.6. The molecule has 0 saturated heterocycles. The van der Waals surface area contributed by atoms with Crippen molar-refractivity contribution in [2.24, 2.45) is 0 Å². The summed E-state index contributed by atoms with van der Waals surface area (Å²) in [7, 11) is 0. The van der Waals surface area contributed by atoms with E-state index in [9.17, 15) is 14.0 Å². The molecule has 0 aliphatic carbocycles. The highest BCUT2D eigenvalue weighted by Crippen LogP contribution is 2.05. The van der Waals surface area contributed by atoms with E-state index in [-0.39, 0.29) is 18.1 Å². The van der Waals surface area contributed by atoms with Gasteiger partial charge in [-0.05, 0) is 29.3 Å². The second-order valence-corrected chi connectivity index (χ2v) is 4.59. The van der Waals surface area contributed by atoms with Gasteiger partial charge < -0.3 is 0 Å². The Kier molecular flexibility index (Phi) is 5.43. The number of carbonyl (C=O) groups excluding carboxylic acids is 2. The Balaban J connectivity index is 1.79. The van der Waals surface area contributed by atoms with Gasteiger partial charge in [0, 0.05) is 6.08 Å². The molecule has 4 nitrogen and oxygen atoms in total. The summed E-state index contributed by atoms with van der Waals surface area (Å²) in [5.74, 6) is -1.19. The molecular formula is C17H15FN2O2. The molecule has 2 aromatic carbocycles. The molecular weight excluding hydrogens is 283 g/mol. The highest BCUT2D eigenvalue weighted by Gasteiger charge is 2.03. The number of halogens is 1. The van der Waals surface area contributed by atoms with E-state index >= 15 is 0 Å². The third-order valence-electron chi connectivity index (χ3n) is 2.81. The predicted molar refractivity (Wildman–Crippen MR) is 81.9 cm³/mol. The standard InChI is InChI=1S/C17H15FN2O2/c18-15-8-4-7-14(11-15)9-10-16(21)19-20-17(22)12-13-5-2-1-3-6-13/h1-11H,12H2,(H,19,21)(H,20,22)/b10-9+. The third kappa shape index (κ3) is 5.20. The minimum Gasteiger partial charge on any atom is -0.273 e. The fourth-order valence-corrected chi connectivity index (χ4v) is 1.78. The summed E-state index contributed by atoms with van der Waals surface area (Å²) in [4.78, 5) is 23.2. The van der Waals surface area contributed by atoms with Crippen LogP contribution in [0.25, 0.3) is 6.08 Å². The zero-order chi connectivity index (χ0) is 15.8. The summed E-state index contributed by atoms with van der Waals surface area (Å²) in [6, 6.07) is 15.0. The second-order valence-electron chi connectivity index (χ2n) is 4.59. The van der Waals surface area contributed by atoms with Crippen molar-refractivity contribution >= 4 is 17.9 Å². The van der Waals surface area contributed by atoms with Crippen molar-refractivity contribution in [3.63, 3.8) is 0 Å². The first kappa shape index (κ1) is 15.4. The minimum atomic E-state index is -0.495. The van der Waals surface area contributed by atoms with Crippen molar-refractivity contribution in [2.75, 3.05) is 0 Å². The van der Waals surface area contributed by atoms with E-state index in [1.54, 1.807) is 12.1 Å². The maximum atomic E-state index is 13.0. The highest BCUT2D eigenvalue weighted by molar-refractivity contribution is 5.93. The molecule has 0 radical (unpaired) electrons. The number of benzene rings is 2. The summed E-state index contributed by atoms with van der Waals surface area (Å²) >= 11 is 0. The van der Waals surface area contributed by atoms with Crippen molar-refractivity contribution in [3.8, 4) is 0 Å². The van der Waals surface area contributed by atoms with Crippen LogP contribution in [0.3, 0.4) is 0 Å². The van der Waals surface area contributed by atoms with Crippen LogP contribution in [0.15, 0.2) is 60.7 Å². The topological polar surface area (TPSA) is 58.2 Å². The van der Waals surface area contributed by atoms with Gasteiger partial charge in [0.2, 0.25) is 5.91 Å². The number of hydrazine groups is 1. The fraction of sp³-hybridized carbons (Fsp3) is 0.0588. The number of hydrogen-bond donors (Lipinski definition) is 2. The van der Waals surface area contributed by atoms with Gasteiger partial charge >= 0.3 is 0 Å². The smallest absolute Gasteiger partial charge is 0.262 e. The van der Waals surface area contributed by atoms with Crippen LogP contribution in [-0.4, -0.2) is 11.8 Å². The average molecular weight is 298 g/mol. The van der Waals surface area contributed by atoms with E-state index in [1.165, 1.54) is 24.3 Å². The Morgan fingerprint density at radius 3 is 2.50 bits per heavy atom. The van der Waals surface area contributed by atoms with Gasteiger partial charge in [0.1, 0.15) is 5.82 Å². The molecule has 2 aromatic rings. The molecule has 22 heavy (non-hydrogen) atoms. The summed E-state index contributed by atoms with van der Waals surface area (Å²) in [6.45, 7) is 0. The quantitative estimate of drug-likeness (QED) is 0.672. The van der Waals surface area contributed by atoms with Crippen LogP contribution in [-0.2, 0) is 16.0 Å². The molecule has 0 heterocycles. The van der Waals surface area contributed by atoms with E-state index in [0.717, 1.165) is 5.56 Å². The van der Waals surface area contributed by atoms with Gasteiger partial charge in [-0.3, -0.25) is 20.4 Å². The van der Waals surface area contributed by atoms with Crippen LogP contribution in [0.4, 0.5) is 4.39 Å². The molecule has 2 N–H and O–H groups in total. The molecule has 0 aromatic heterocycles. The van der Waals surface area contributed by atoms with Crippen molar-refractivity contribution in [3.05, 3.63) is 77.6 Å². The van der Waals surface area contributed by atoms with Crippen LogP contribution in [0.1, 0.15) is 11.1 Å². The number of hydrogen-bond acceptors (Lipinski definition) is 2. The molecule has 0 unspecified atom stereocenters. The summed E-state index contributed by atoms with van der Waals surface area (Å²) in [5, 5.41) is 0. The molecule has 2 rings (SSSR count). The highest BCUT2D eigenvalue weighted by atomic mass is 19.1. The largest absolute Gasteiger partial charge is 0.273 e. The van der Waals surface area contributed by atoms with Crippen molar-refractivity contribution in [1.29, 1.82) is 0 Å². The lowest BCUT2D eigenvalue weighted by Gasteiger charge is -2.05. The Labute approximate surface area is 127 Å².